The molecule has 1 aromatic rings. The predicted octanol–water partition coefficient (Wildman–Crippen LogP) is 2.70. The van der Waals surface area contributed by atoms with Gasteiger partial charge in [-0.3, -0.25) is 9.69 Å². The molecule has 1 atom stereocenters. The first-order valence-electron chi connectivity index (χ1n) is 5.64. The highest BCUT2D eigenvalue weighted by molar-refractivity contribution is 7.98. The summed E-state index contributed by atoms with van der Waals surface area (Å²) in [5, 5.41) is 9.06. The number of aliphatic carboxylic acids is 1. The Morgan fingerprint density at radius 1 is 1.41 bits per heavy atom. The summed E-state index contributed by atoms with van der Waals surface area (Å²) in [5.41, 5.74) is 1.14. The molecule has 0 aromatic heterocycles. The topological polar surface area (TPSA) is 40.5 Å². The molecule has 0 radical (unpaired) electrons. The molecular formula is C13H19NO2S. The number of benzene rings is 1. The van der Waals surface area contributed by atoms with Crippen LogP contribution in [0.2, 0.25) is 0 Å². The predicted molar refractivity (Wildman–Crippen MR) is 71.4 cm³/mol. The zero-order valence-corrected chi connectivity index (χ0v) is 11.3. The molecule has 3 nitrogen and oxygen atoms in total. The molecule has 17 heavy (non-hydrogen) atoms. The van der Waals surface area contributed by atoms with Gasteiger partial charge < -0.3 is 5.11 Å². The van der Waals surface area contributed by atoms with Crippen molar-refractivity contribution in [1.82, 2.24) is 4.90 Å². The average Bonchev–Trinajstić information content (AvgIpc) is 2.30. The third kappa shape index (κ3) is 4.06. The Bertz CT molecular complexity index is 364. The molecule has 0 heterocycles. The standard InChI is InChI=1S/C13H19NO2S/c1-4-12(13(15)16)14(2)9-10-5-7-11(17-3)8-6-10/h5-8,12H,4,9H2,1-3H3,(H,15,16). The van der Waals surface area contributed by atoms with Gasteiger partial charge in [-0.05, 0) is 37.4 Å². The van der Waals surface area contributed by atoms with Crippen LogP contribution in [-0.2, 0) is 11.3 Å². The smallest absolute Gasteiger partial charge is 0.320 e. The molecule has 1 unspecified atom stereocenters. The first kappa shape index (κ1) is 14.1. The third-order valence-corrected chi connectivity index (χ3v) is 3.54. The Morgan fingerprint density at radius 2 is 2.00 bits per heavy atom. The second-order valence-electron chi connectivity index (χ2n) is 4.03. The summed E-state index contributed by atoms with van der Waals surface area (Å²) in [6.07, 6.45) is 2.66. The number of thioether (sulfide) groups is 1. The van der Waals surface area contributed by atoms with Crippen LogP contribution in [0.5, 0.6) is 0 Å². The lowest BCUT2D eigenvalue weighted by molar-refractivity contribution is -0.143. The SMILES string of the molecule is CCC(C(=O)O)N(C)Cc1ccc(SC)cc1. The van der Waals surface area contributed by atoms with Gasteiger partial charge in [-0.2, -0.15) is 0 Å². The second kappa shape index (κ2) is 6.67. The van der Waals surface area contributed by atoms with Crippen LogP contribution >= 0.6 is 11.8 Å². The molecule has 0 spiro atoms. The van der Waals surface area contributed by atoms with Gasteiger partial charge in [0.1, 0.15) is 6.04 Å². The van der Waals surface area contributed by atoms with E-state index in [4.69, 9.17) is 5.11 Å². The molecule has 0 saturated heterocycles. The number of carboxylic acids is 1. The molecule has 0 amide bonds. The number of carboxylic acid groups (broad SMARTS) is 1. The van der Waals surface area contributed by atoms with Crippen molar-refractivity contribution in [2.45, 2.75) is 30.8 Å². The monoisotopic (exact) mass is 253 g/mol. The summed E-state index contributed by atoms with van der Waals surface area (Å²) in [4.78, 5) is 14.1. The fourth-order valence-corrected chi connectivity index (χ4v) is 2.21. The van der Waals surface area contributed by atoms with Crippen molar-refractivity contribution in [3.63, 3.8) is 0 Å². The summed E-state index contributed by atoms with van der Waals surface area (Å²) < 4.78 is 0. The van der Waals surface area contributed by atoms with Crippen molar-refractivity contribution < 1.29 is 9.90 Å². The first-order chi connectivity index (χ1) is 8.08. The molecule has 1 N–H and O–H groups in total. The maximum Gasteiger partial charge on any atom is 0.320 e. The largest absolute Gasteiger partial charge is 0.480 e. The number of hydrogen-bond acceptors (Lipinski definition) is 3. The van der Waals surface area contributed by atoms with E-state index in [1.807, 2.05) is 25.1 Å². The van der Waals surface area contributed by atoms with Crippen LogP contribution in [0.4, 0.5) is 0 Å². The van der Waals surface area contributed by atoms with Gasteiger partial charge in [-0.15, -0.1) is 11.8 Å². The van der Waals surface area contributed by atoms with Crippen LogP contribution in [-0.4, -0.2) is 35.3 Å². The van der Waals surface area contributed by atoms with Crippen molar-refractivity contribution in [3.05, 3.63) is 29.8 Å². The van der Waals surface area contributed by atoms with Crippen LogP contribution in [0, 0.1) is 0 Å². The maximum atomic E-state index is 11.0. The Kier molecular flexibility index (Phi) is 5.51. The lowest BCUT2D eigenvalue weighted by Gasteiger charge is -2.23. The number of rotatable bonds is 6. The zero-order valence-electron chi connectivity index (χ0n) is 10.5. The van der Waals surface area contributed by atoms with E-state index in [1.165, 1.54) is 4.90 Å². The van der Waals surface area contributed by atoms with E-state index in [-0.39, 0.29) is 0 Å². The highest BCUT2D eigenvalue weighted by Crippen LogP contribution is 2.16. The van der Waals surface area contributed by atoms with Crippen LogP contribution < -0.4 is 0 Å². The molecule has 1 aromatic carbocycles. The van der Waals surface area contributed by atoms with E-state index >= 15 is 0 Å². The summed E-state index contributed by atoms with van der Waals surface area (Å²) >= 11 is 1.70. The van der Waals surface area contributed by atoms with Crippen LogP contribution in [0.15, 0.2) is 29.2 Å². The molecular weight excluding hydrogens is 234 g/mol. The van der Waals surface area contributed by atoms with Crippen molar-refractivity contribution in [3.8, 4) is 0 Å². The van der Waals surface area contributed by atoms with Crippen molar-refractivity contribution in [1.29, 1.82) is 0 Å². The van der Waals surface area contributed by atoms with E-state index in [0.29, 0.717) is 13.0 Å². The van der Waals surface area contributed by atoms with Gasteiger partial charge in [0.05, 0.1) is 0 Å². The summed E-state index contributed by atoms with van der Waals surface area (Å²) in [5.74, 6) is -0.754. The lowest BCUT2D eigenvalue weighted by Crippen LogP contribution is -2.37. The number of hydrogen-bond donors (Lipinski definition) is 1. The zero-order chi connectivity index (χ0) is 12.8. The van der Waals surface area contributed by atoms with Crippen LogP contribution in [0.3, 0.4) is 0 Å². The molecule has 4 heteroatoms. The van der Waals surface area contributed by atoms with Crippen LogP contribution in [0.1, 0.15) is 18.9 Å². The van der Waals surface area contributed by atoms with E-state index < -0.39 is 12.0 Å². The lowest BCUT2D eigenvalue weighted by atomic mass is 10.1. The van der Waals surface area contributed by atoms with Gasteiger partial charge in [0.2, 0.25) is 0 Å². The van der Waals surface area contributed by atoms with Gasteiger partial charge in [0.15, 0.2) is 0 Å². The Balaban J connectivity index is 2.66. The van der Waals surface area contributed by atoms with Gasteiger partial charge in [-0.1, -0.05) is 19.1 Å². The molecule has 1 rings (SSSR count). The van der Waals surface area contributed by atoms with Gasteiger partial charge in [-0.25, -0.2) is 0 Å². The van der Waals surface area contributed by atoms with E-state index in [9.17, 15) is 4.79 Å². The van der Waals surface area contributed by atoms with E-state index in [0.717, 1.165) is 5.56 Å². The molecule has 0 aliphatic rings. The molecule has 0 fully saturated rings. The molecule has 0 aliphatic carbocycles. The quantitative estimate of drug-likeness (QED) is 0.791. The van der Waals surface area contributed by atoms with Gasteiger partial charge in [0, 0.05) is 11.4 Å². The normalized spacial score (nSPS) is 12.7. The highest BCUT2D eigenvalue weighted by atomic mass is 32.2. The highest BCUT2D eigenvalue weighted by Gasteiger charge is 2.20. The Labute approximate surface area is 107 Å². The van der Waals surface area contributed by atoms with Crippen molar-refractivity contribution in [2.75, 3.05) is 13.3 Å². The van der Waals surface area contributed by atoms with E-state index in [1.54, 1.807) is 11.8 Å². The maximum absolute atomic E-state index is 11.0. The average molecular weight is 253 g/mol. The minimum absolute atomic E-state index is 0.407. The van der Waals surface area contributed by atoms with E-state index in [2.05, 4.69) is 24.3 Å². The molecule has 0 aliphatic heterocycles. The first-order valence-corrected chi connectivity index (χ1v) is 6.87. The molecule has 94 valence electrons. The van der Waals surface area contributed by atoms with Gasteiger partial charge >= 0.3 is 5.97 Å². The van der Waals surface area contributed by atoms with Gasteiger partial charge in [0.25, 0.3) is 0 Å². The fraction of sp³-hybridized carbons (Fsp3) is 0.462. The van der Waals surface area contributed by atoms with Crippen molar-refractivity contribution in [2.24, 2.45) is 0 Å². The summed E-state index contributed by atoms with van der Waals surface area (Å²) in [6, 6.07) is 7.83. The van der Waals surface area contributed by atoms with Crippen LogP contribution in [0.25, 0.3) is 0 Å². The number of likely N-dealkylation sites (N-methyl/N-ethyl adjacent to an activating group) is 1. The molecule has 0 bridgehead atoms. The minimum atomic E-state index is -0.754. The number of carbonyl (C=O) groups is 1. The Hall–Kier alpha value is -1.00. The second-order valence-corrected chi connectivity index (χ2v) is 4.91. The fourth-order valence-electron chi connectivity index (χ4n) is 1.80. The minimum Gasteiger partial charge on any atom is -0.480 e. The summed E-state index contributed by atoms with van der Waals surface area (Å²) in [7, 11) is 1.85. The summed E-state index contributed by atoms with van der Waals surface area (Å²) in [6.45, 7) is 2.56. The number of nitrogens with zero attached hydrogens (tertiary/aromatic N) is 1. The molecule has 0 saturated carbocycles. The van der Waals surface area contributed by atoms with Crippen molar-refractivity contribution >= 4 is 17.7 Å². The third-order valence-electron chi connectivity index (χ3n) is 2.79. The Morgan fingerprint density at radius 3 is 2.41 bits per heavy atom.